The highest BCUT2D eigenvalue weighted by molar-refractivity contribution is 5.67. The number of hydrogen-bond donors (Lipinski definition) is 7. The van der Waals surface area contributed by atoms with Gasteiger partial charge in [-0.2, -0.15) is 0 Å². The first-order valence-corrected chi connectivity index (χ1v) is 30.4. The maximum Gasteiger partial charge on any atom is 0.303 e. The molecule has 71 heavy (non-hydrogen) atoms. The first-order valence-electron chi connectivity index (χ1n) is 30.4. The van der Waals surface area contributed by atoms with Crippen LogP contribution in [0.1, 0.15) is 329 Å². The van der Waals surface area contributed by atoms with E-state index >= 15 is 0 Å². The predicted molar refractivity (Wildman–Crippen MR) is 296 cm³/mol. The van der Waals surface area contributed by atoms with Crippen molar-refractivity contribution in [2.75, 3.05) is 13.2 Å². The second-order valence-corrected chi connectivity index (χ2v) is 20.9. The number of carboxylic acids is 3. The van der Waals surface area contributed by atoms with Crippen LogP contribution in [-0.2, 0) is 19.1 Å². The highest BCUT2D eigenvalue weighted by atomic mass is 16.5. The molecule has 4 atom stereocenters. The molecule has 1 fully saturated rings. The molecule has 0 radical (unpaired) electrons. The largest absolute Gasteiger partial charge is 0.481 e. The van der Waals surface area contributed by atoms with Crippen molar-refractivity contribution >= 4 is 17.9 Å². The van der Waals surface area contributed by atoms with Crippen molar-refractivity contribution in [3.05, 3.63) is 0 Å². The standard InChI is InChI=1S/3C18H36O2.C6H12O5/c3*1-2-3-4-5-6-7-8-9-10-11-12-13-14-15-16-17-18(19)20;7-1-3(8)6-5(10)4(9)2-11-6/h3*2-17H2,1H3,(H,19,20);3-10H,1-2H2/t;;;3-,4+,5-,6-/m...1/s1. The number of aliphatic carboxylic acids is 3. The van der Waals surface area contributed by atoms with Crippen LogP contribution in [-0.4, -0.2) is 91.3 Å². The molecule has 0 bridgehead atoms. The van der Waals surface area contributed by atoms with Crippen LogP contribution in [0.2, 0.25) is 0 Å². The smallest absolute Gasteiger partial charge is 0.303 e. The average molecular weight is 1020 g/mol. The monoisotopic (exact) mass is 1020 g/mol. The van der Waals surface area contributed by atoms with Gasteiger partial charge in [0, 0.05) is 19.3 Å². The molecule has 426 valence electrons. The highest BCUT2D eigenvalue weighted by Crippen LogP contribution is 2.19. The molecular weight excluding hydrogens is 897 g/mol. The summed E-state index contributed by atoms with van der Waals surface area (Å²) in [7, 11) is 0. The Morgan fingerprint density at radius 1 is 0.366 bits per heavy atom. The Labute approximate surface area is 437 Å². The van der Waals surface area contributed by atoms with Crippen LogP contribution in [0.15, 0.2) is 0 Å². The number of aliphatic hydroxyl groups excluding tert-OH is 4. The van der Waals surface area contributed by atoms with E-state index in [1.807, 2.05) is 0 Å². The molecule has 0 aromatic heterocycles. The van der Waals surface area contributed by atoms with Crippen LogP contribution in [0.25, 0.3) is 0 Å². The Hall–Kier alpha value is -1.79. The molecule has 1 saturated heterocycles. The van der Waals surface area contributed by atoms with Crippen LogP contribution in [0.4, 0.5) is 0 Å². The molecule has 1 aliphatic rings. The predicted octanol–water partition coefficient (Wildman–Crippen LogP) is 16.5. The van der Waals surface area contributed by atoms with Gasteiger partial charge < -0.3 is 40.5 Å². The van der Waals surface area contributed by atoms with E-state index in [1.54, 1.807) is 0 Å². The second-order valence-electron chi connectivity index (χ2n) is 20.9. The molecule has 0 unspecified atom stereocenters. The van der Waals surface area contributed by atoms with Gasteiger partial charge in [-0.1, -0.05) is 290 Å². The topological polar surface area (TPSA) is 202 Å². The summed E-state index contributed by atoms with van der Waals surface area (Å²) in [6, 6.07) is 0. The summed E-state index contributed by atoms with van der Waals surface area (Å²) >= 11 is 0. The van der Waals surface area contributed by atoms with E-state index in [-0.39, 0.29) is 6.61 Å². The third-order valence-corrected chi connectivity index (χ3v) is 13.7. The van der Waals surface area contributed by atoms with Crippen molar-refractivity contribution in [1.82, 2.24) is 0 Å². The Morgan fingerprint density at radius 2 is 0.549 bits per heavy atom. The Kier molecular flexibility index (Phi) is 64.7. The van der Waals surface area contributed by atoms with Gasteiger partial charge >= 0.3 is 17.9 Å². The van der Waals surface area contributed by atoms with Gasteiger partial charge in [-0.25, -0.2) is 0 Å². The minimum atomic E-state index is -1.12. The van der Waals surface area contributed by atoms with Crippen LogP contribution in [0, 0.1) is 0 Å². The van der Waals surface area contributed by atoms with Crippen molar-refractivity contribution in [1.29, 1.82) is 0 Å². The summed E-state index contributed by atoms with van der Waals surface area (Å²) in [5.74, 6) is -1.96. The Morgan fingerprint density at radius 3 is 0.690 bits per heavy atom. The summed E-state index contributed by atoms with van der Waals surface area (Å²) in [6.07, 6.45) is 56.6. The minimum absolute atomic E-state index is 0.00287. The summed E-state index contributed by atoms with van der Waals surface area (Å²) in [5, 5.41) is 61.1. The SMILES string of the molecule is CCCCCCCCCCCCCCCCCC(=O)O.CCCCCCCCCCCCCCCCCC(=O)O.CCCCCCCCCCCCCCCCCC(=O)O.OC[C@@H](O)[C@H]1OC[C@H](O)[C@H]1O. The lowest BCUT2D eigenvalue weighted by Crippen LogP contribution is -2.40. The molecule has 0 saturated carbocycles. The van der Waals surface area contributed by atoms with Crippen LogP contribution >= 0.6 is 0 Å². The van der Waals surface area contributed by atoms with E-state index in [9.17, 15) is 14.4 Å². The maximum absolute atomic E-state index is 10.3. The van der Waals surface area contributed by atoms with Gasteiger partial charge in [0.15, 0.2) is 0 Å². The van der Waals surface area contributed by atoms with Crippen molar-refractivity contribution in [2.24, 2.45) is 0 Å². The van der Waals surface area contributed by atoms with E-state index < -0.39 is 48.9 Å². The van der Waals surface area contributed by atoms with Gasteiger partial charge in [0.1, 0.15) is 24.4 Å². The Balaban J connectivity index is -0.000000885. The summed E-state index contributed by atoms with van der Waals surface area (Å²) in [5.41, 5.74) is 0. The zero-order valence-electron chi connectivity index (χ0n) is 46.9. The van der Waals surface area contributed by atoms with Gasteiger partial charge in [-0.15, -0.1) is 0 Å². The van der Waals surface area contributed by atoms with Gasteiger partial charge in [0.25, 0.3) is 0 Å². The lowest BCUT2D eigenvalue weighted by molar-refractivity contribution is -0.138. The highest BCUT2D eigenvalue weighted by Gasteiger charge is 2.38. The van der Waals surface area contributed by atoms with E-state index in [1.165, 1.54) is 250 Å². The lowest BCUT2D eigenvalue weighted by atomic mass is 10.0. The number of hydrogen-bond acceptors (Lipinski definition) is 8. The second kappa shape index (κ2) is 62.5. The van der Waals surface area contributed by atoms with E-state index in [2.05, 4.69) is 20.8 Å². The normalized spacial score (nSPS) is 15.5. The number of rotatable bonds is 50. The molecular formula is C60H120O11. The van der Waals surface area contributed by atoms with Crippen molar-refractivity contribution in [3.8, 4) is 0 Å². The summed E-state index contributed by atoms with van der Waals surface area (Å²) in [6.45, 7) is 6.34. The van der Waals surface area contributed by atoms with Gasteiger partial charge in [0.2, 0.25) is 0 Å². The number of aliphatic hydroxyl groups is 4. The van der Waals surface area contributed by atoms with E-state index in [0.29, 0.717) is 19.3 Å². The fourth-order valence-corrected chi connectivity index (χ4v) is 9.01. The first kappa shape index (κ1) is 73.5. The molecule has 11 nitrogen and oxygen atoms in total. The molecule has 1 rings (SSSR count). The Bertz CT molecular complexity index is 955. The molecule has 0 aliphatic carbocycles. The fourth-order valence-electron chi connectivity index (χ4n) is 9.01. The molecule has 7 N–H and O–H groups in total. The molecule has 11 heteroatoms. The first-order chi connectivity index (χ1) is 34.5. The fraction of sp³-hybridized carbons (Fsp3) is 0.950. The molecule has 1 heterocycles. The molecule has 1 aliphatic heterocycles. The number of unbranched alkanes of at least 4 members (excludes halogenated alkanes) is 42. The number of carbonyl (C=O) groups is 3. The quantitative estimate of drug-likeness (QED) is 0.0286. The molecule has 0 aromatic rings. The third-order valence-electron chi connectivity index (χ3n) is 13.7. The van der Waals surface area contributed by atoms with Crippen molar-refractivity contribution in [3.63, 3.8) is 0 Å². The van der Waals surface area contributed by atoms with E-state index in [4.69, 9.17) is 40.5 Å². The van der Waals surface area contributed by atoms with Crippen LogP contribution in [0.3, 0.4) is 0 Å². The molecule has 0 spiro atoms. The maximum atomic E-state index is 10.3. The number of ether oxygens (including phenoxy) is 1. The van der Waals surface area contributed by atoms with Crippen LogP contribution in [0.5, 0.6) is 0 Å². The van der Waals surface area contributed by atoms with Gasteiger partial charge in [-0.05, 0) is 19.3 Å². The summed E-state index contributed by atoms with van der Waals surface area (Å²) in [4.78, 5) is 31.0. The molecule has 0 amide bonds. The number of carboxylic acid groups (broad SMARTS) is 3. The zero-order valence-corrected chi connectivity index (χ0v) is 46.9. The summed E-state index contributed by atoms with van der Waals surface area (Å²) < 4.78 is 4.82. The van der Waals surface area contributed by atoms with Gasteiger partial charge in [-0.3, -0.25) is 14.4 Å². The minimum Gasteiger partial charge on any atom is -0.481 e. The van der Waals surface area contributed by atoms with E-state index in [0.717, 1.165) is 38.5 Å². The van der Waals surface area contributed by atoms with Crippen LogP contribution < -0.4 is 0 Å². The van der Waals surface area contributed by atoms with Crippen molar-refractivity contribution < 1.29 is 54.9 Å². The van der Waals surface area contributed by atoms with Crippen molar-refractivity contribution in [2.45, 2.75) is 353 Å². The third kappa shape index (κ3) is 64.3. The lowest BCUT2D eigenvalue weighted by Gasteiger charge is -2.18. The average Bonchev–Trinajstić information content (AvgIpc) is 3.69. The molecule has 0 aromatic carbocycles. The zero-order chi connectivity index (χ0) is 53.1. The van der Waals surface area contributed by atoms with Gasteiger partial charge in [0.05, 0.1) is 13.2 Å².